The molecule has 0 aliphatic carbocycles. The minimum atomic E-state index is -0.134. The summed E-state index contributed by atoms with van der Waals surface area (Å²) in [6.07, 6.45) is 4.08. The molecule has 0 atom stereocenters. The Morgan fingerprint density at radius 2 is 1.76 bits per heavy atom. The average molecular weight is 458 g/mol. The van der Waals surface area contributed by atoms with Gasteiger partial charge >= 0.3 is 0 Å². The fourth-order valence-corrected chi connectivity index (χ4v) is 3.66. The van der Waals surface area contributed by atoms with Crippen LogP contribution in [0.1, 0.15) is 22.5 Å². The molecule has 150 valence electrons. The summed E-state index contributed by atoms with van der Waals surface area (Å²) < 4.78 is 11.6. The van der Waals surface area contributed by atoms with Crippen LogP contribution >= 0.6 is 15.9 Å². The molecule has 2 aromatic heterocycles. The number of aryl methyl sites for hydroxylation is 1. The highest BCUT2D eigenvalue weighted by Gasteiger charge is 2.26. The van der Waals surface area contributed by atoms with Crippen LogP contribution in [0, 0.1) is 0 Å². The zero-order valence-corrected chi connectivity index (χ0v) is 17.3. The summed E-state index contributed by atoms with van der Waals surface area (Å²) in [5.41, 5.74) is 1.84. The maximum atomic E-state index is 12.6. The number of rotatable bonds is 5. The van der Waals surface area contributed by atoms with Gasteiger partial charge in [-0.05, 0) is 30.7 Å². The van der Waals surface area contributed by atoms with Crippen molar-refractivity contribution in [2.24, 2.45) is 0 Å². The SMILES string of the molecule is O=C(CCc1cnoc1-c1ccc(Br)cc1)N1CCN(C(=O)c2ccco2)CC1. The average Bonchev–Trinajstić information content (AvgIpc) is 3.44. The molecule has 1 aliphatic heterocycles. The van der Waals surface area contributed by atoms with Gasteiger partial charge in [-0.15, -0.1) is 0 Å². The van der Waals surface area contributed by atoms with Gasteiger partial charge in [-0.3, -0.25) is 9.59 Å². The van der Waals surface area contributed by atoms with Gasteiger partial charge in [0.2, 0.25) is 5.91 Å². The van der Waals surface area contributed by atoms with Crippen LogP contribution < -0.4 is 0 Å². The summed E-state index contributed by atoms with van der Waals surface area (Å²) in [5.74, 6) is 0.959. The normalized spacial score (nSPS) is 14.2. The lowest BCUT2D eigenvalue weighted by Gasteiger charge is -2.34. The molecule has 29 heavy (non-hydrogen) atoms. The van der Waals surface area contributed by atoms with Crippen molar-refractivity contribution in [3.8, 4) is 11.3 Å². The second-order valence-electron chi connectivity index (χ2n) is 6.84. The smallest absolute Gasteiger partial charge is 0.289 e. The standard InChI is InChI=1S/C21H20BrN3O4/c22-17-6-3-15(4-7-17)20-16(14-23-29-20)5-8-19(26)24-9-11-25(12-10-24)21(27)18-2-1-13-28-18/h1-4,6-7,13-14H,5,8-12H2. The number of carbonyl (C=O) groups is 2. The molecule has 0 bridgehead atoms. The van der Waals surface area contributed by atoms with Gasteiger partial charge in [0.05, 0.1) is 12.5 Å². The summed E-state index contributed by atoms with van der Waals surface area (Å²) in [6.45, 7) is 2.05. The van der Waals surface area contributed by atoms with Crippen molar-refractivity contribution in [2.45, 2.75) is 12.8 Å². The number of amides is 2. The first-order chi connectivity index (χ1) is 14.1. The van der Waals surface area contributed by atoms with Crippen LogP contribution in [0.25, 0.3) is 11.3 Å². The maximum absolute atomic E-state index is 12.6. The molecule has 1 aromatic carbocycles. The van der Waals surface area contributed by atoms with Gasteiger partial charge in [0.1, 0.15) is 0 Å². The molecule has 8 heteroatoms. The Balaban J connectivity index is 1.31. The molecule has 3 aromatic rings. The molecule has 7 nitrogen and oxygen atoms in total. The van der Waals surface area contributed by atoms with Gasteiger partial charge in [-0.25, -0.2) is 0 Å². The van der Waals surface area contributed by atoms with Crippen LogP contribution in [-0.4, -0.2) is 52.9 Å². The Morgan fingerprint density at radius 3 is 2.45 bits per heavy atom. The molecule has 4 rings (SSSR count). The highest BCUT2D eigenvalue weighted by Crippen LogP contribution is 2.26. The third kappa shape index (κ3) is 4.42. The summed E-state index contributed by atoms with van der Waals surface area (Å²) in [7, 11) is 0. The first-order valence-electron chi connectivity index (χ1n) is 9.42. The Kier molecular flexibility index (Phi) is 5.80. The van der Waals surface area contributed by atoms with Crippen LogP contribution in [-0.2, 0) is 11.2 Å². The summed E-state index contributed by atoms with van der Waals surface area (Å²) in [4.78, 5) is 28.5. The van der Waals surface area contributed by atoms with Crippen LogP contribution in [0.5, 0.6) is 0 Å². The Bertz CT molecular complexity index is 974. The van der Waals surface area contributed by atoms with Gasteiger partial charge in [0.25, 0.3) is 5.91 Å². The number of benzene rings is 1. The molecule has 0 N–H and O–H groups in total. The first-order valence-corrected chi connectivity index (χ1v) is 10.2. The summed E-state index contributed by atoms with van der Waals surface area (Å²) >= 11 is 3.42. The number of furan rings is 1. The van der Waals surface area contributed by atoms with Crippen molar-refractivity contribution >= 4 is 27.7 Å². The quantitative estimate of drug-likeness (QED) is 0.584. The van der Waals surface area contributed by atoms with Gasteiger partial charge in [-0.1, -0.05) is 33.2 Å². The van der Waals surface area contributed by atoms with Crippen molar-refractivity contribution in [2.75, 3.05) is 26.2 Å². The van der Waals surface area contributed by atoms with Gasteiger partial charge in [-0.2, -0.15) is 0 Å². The zero-order chi connectivity index (χ0) is 20.2. The van der Waals surface area contributed by atoms with E-state index in [-0.39, 0.29) is 11.8 Å². The summed E-state index contributed by atoms with van der Waals surface area (Å²) in [6, 6.07) is 11.1. The lowest BCUT2D eigenvalue weighted by molar-refractivity contribution is -0.132. The largest absolute Gasteiger partial charge is 0.459 e. The molecular formula is C21H20BrN3O4. The van der Waals surface area contributed by atoms with E-state index in [4.69, 9.17) is 8.94 Å². The van der Waals surface area contributed by atoms with Crippen molar-refractivity contribution < 1.29 is 18.5 Å². The molecule has 1 fully saturated rings. The van der Waals surface area contributed by atoms with E-state index in [1.54, 1.807) is 28.1 Å². The van der Waals surface area contributed by atoms with Gasteiger partial charge in [0.15, 0.2) is 11.5 Å². The monoisotopic (exact) mass is 457 g/mol. The van der Waals surface area contributed by atoms with E-state index in [1.807, 2.05) is 24.3 Å². The number of aromatic nitrogens is 1. The fourth-order valence-electron chi connectivity index (χ4n) is 3.39. The molecule has 0 radical (unpaired) electrons. The third-order valence-electron chi connectivity index (χ3n) is 5.01. The van der Waals surface area contributed by atoms with Crippen LogP contribution in [0.3, 0.4) is 0 Å². The Morgan fingerprint density at radius 1 is 1.03 bits per heavy atom. The molecule has 1 saturated heterocycles. The number of hydrogen-bond acceptors (Lipinski definition) is 5. The lowest BCUT2D eigenvalue weighted by Crippen LogP contribution is -2.50. The lowest BCUT2D eigenvalue weighted by atomic mass is 10.1. The maximum Gasteiger partial charge on any atom is 0.289 e. The molecule has 3 heterocycles. The first kappa shape index (κ1) is 19.4. The second kappa shape index (κ2) is 8.65. The van der Waals surface area contributed by atoms with Gasteiger partial charge in [0, 0.05) is 48.2 Å². The zero-order valence-electron chi connectivity index (χ0n) is 15.7. The molecule has 0 unspecified atom stereocenters. The van der Waals surface area contributed by atoms with Crippen LogP contribution in [0.2, 0.25) is 0 Å². The van der Waals surface area contributed by atoms with E-state index in [0.29, 0.717) is 50.5 Å². The molecule has 2 amide bonds. The van der Waals surface area contributed by atoms with Crippen molar-refractivity contribution in [1.82, 2.24) is 15.0 Å². The minimum absolute atomic E-state index is 0.0676. The van der Waals surface area contributed by atoms with Crippen molar-refractivity contribution in [3.05, 3.63) is 64.7 Å². The van der Waals surface area contributed by atoms with E-state index in [0.717, 1.165) is 15.6 Å². The second-order valence-corrected chi connectivity index (χ2v) is 7.75. The Labute approximate surface area is 176 Å². The Hall–Kier alpha value is -2.87. The van der Waals surface area contributed by atoms with Crippen molar-refractivity contribution in [3.63, 3.8) is 0 Å². The number of carbonyl (C=O) groups excluding carboxylic acids is 2. The fraction of sp³-hybridized carbons (Fsp3) is 0.286. The molecule has 1 aliphatic rings. The molecule has 0 spiro atoms. The van der Waals surface area contributed by atoms with E-state index in [2.05, 4.69) is 21.1 Å². The summed E-state index contributed by atoms with van der Waals surface area (Å²) in [5, 5.41) is 3.90. The number of nitrogens with zero attached hydrogens (tertiary/aromatic N) is 3. The van der Waals surface area contributed by atoms with Crippen LogP contribution in [0.4, 0.5) is 0 Å². The van der Waals surface area contributed by atoms with E-state index < -0.39 is 0 Å². The predicted molar refractivity (Wildman–Crippen MR) is 109 cm³/mol. The third-order valence-corrected chi connectivity index (χ3v) is 5.54. The van der Waals surface area contributed by atoms with E-state index >= 15 is 0 Å². The highest BCUT2D eigenvalue weighted by molar-refractivity contribution is 9.10. The van der Waals surface area contributed by atoms with E-state index in [9.17, 15) is 9.59 Å². The van der Waals surface area contributed by atoms with Gasteiger partial charge < -0.3 is 18.7 Å². The number of piperazine rings is 1. The van der Waals surface area contributed by atoms with Crippen molar-refractivity contribution in [1.29, 1.82) is 0 Å². The minimum Gasteiger partial charge on any atom is -0.459 e. The molecular weight excluding hydrogens is 438 g/mol. The number of hydrogen-bond donors (Lipinski definition) is 0. The number of halogens is 1. The van der Waals surface area contributed by atoms with Crippen LogP contribution in [0.15, 0.2) is 62.3 Å². The topological polar surface area (TPSA) is 79.8 Å². The van der Waals surface area contributed by atoms with E-state index in [1.165, 1.54) is 6.26 Å². The predicted octanol–water partition coefficient (Wildman–Crippen LogP) is 3.61. The highest BCUT2D eigenvalue weighted by atomic mass is 79.9. The molecule has 0 saturated carbocycles.